The van der Waals surface area contributed by atoms with Crippen molar-refractivity contribution in [3.63, 3.8) is 0 Å². The summed E-state index contributed by atoms with van der Waals surface area (Å²) in [4.78, 5) is 37.4. The van der Waals surface area contributed by atoms with E-state index >= 15 is 0 Å². The van der Waals surface area contributed by atoms with Gasteiger partial charge in [0.15, 0.2) is 6.61 Å². The van der Waals surface area contributed by atoms with Gasteiger partial charge in [-0.1, -0.05) is 42.5 Å². The maximum Gasteiger partial charge on any atom is 0.310 e. The molecule has 1 saturated heterocycles. The molecule has 2 aromatic carbocycles. The van der Waals surface area contributed by atoms with E-state index in [0.29, 0.717) is 13.0 Å². The molecule has 0 radical (unpaired) electrons. The summed E-state index contributed by atoms with van der Waals surface area (Å²) in [7, 11) is 0. The van der Waals surface area contributed by atoms with Crippen LogP contribution < -0.4 is 5.73 Å². The van der Waals surface area contributed by atoms with Gasteiger partial charge in [0, 0.05) is 6.54 Å². The molecule has 3 rings (SSSR count). The molecule has 1 heterocycles. The van der Waals surface area contributed by atoms with Crippen molar-refractivity contribution in [3.05, 3.63) is 48.0 Å². The first-order chi connectivity index (χ1) is 12.6. The van der Waals surface area contributed by atoms with Gasteiger partial charge in [-0.05, 0) is 35.6 Å². The zero-order chi connectivity index (χ0) is 18.5. The second-order valence-electron chi connectivity index (χ2n) is 6.48. The number of ether oxygens (including phenoxy) is 1. The van der Waals surface area contributed by atoms with Crippen LogP contribution >= 0.6 is 0 Å². The van der Waals surface area contributed by atoms with Gasteiger partial charge in [0.2, 0.25) is 5.91 Å². The summed E-state index contributed by atoms with van der Waals surface area (Å²) in [6, 6.07) is 12.9. The molecule has 6 nitrogen and oxygen atoms in total. The first-order valence-corrected chi connectivity index (χ1v) is 8.77. The second kappa shape index (κ2) is 7.99. The topological polar surface area (TPSA) is 89.7 Å². The fraction of sp³-hybridized carbons (Fsp3) is 0.350. The summed E-state index contributed by atoms with van der Waals surface area (Å²) >= 11 is 0. The fourth-order valence-electron chi connectivity index (χ4n) is 3.40. The van der Waals surface area contributed by atoms with Crippen LogP contribution in [0.25, 0.3) is 10.8 Å². The Balaban J connectivity index is 1.60. The Morgan fingerprint density at radius 1 is 1.08 bits per heavy atom. The van der Waals surface area contributed by atoms with Gasteiger partial charge in [-0.15, -0.1) is 0 Å². The Kier molecular flexibility index (Phi) is 5.51. The molecule has 2 amide bonds. The van der Waals surface area contributed by atoms with E-state index < -0.39 is 17.9 Å². The molecule has 0 aromatic heterocycles. The number of fused-ring (bicyclic) bond motifs is 1. The first kappa shape index (κ1) is 17.9. The summed E-state index contributed by atoms with van der Waals surface area (Å²) in [5.74, 6) is -1.36. The van der Waals surface area contributed by atoms with Crippen molar-refractivity contribution in [3.8, 4) is 0 Å². The van der Waals surface area contributed by atoms with Crippen LogP contribution in [0.2, 0.25) is 0 Å². The number of hydrogen-bond donors (Lipinski definition) is 1. The molecular formula is C20H22N2O4. The molecule has 0 unspecified atom stereocenters. The van der Waals surface area contributed by atoms with Crippen LogP contribution in [-0.4, -0.2) is 41.9 Å². The largest absolute Gasteiger partial charge is 0.455 e. The van der Waals surface area contributed by atoms with Gasteiger partial charge in [-0.2, -0.15) is 0 Å². The van der Waals surface area contributed by atoms with Gasteiger partial charge >= 0.3 is 5.97 Å². The smallest absolute Gasteiger partial charge is 0.310 e. The van der Waals surface area contributed by atoms with Gasteiger partial charge in [0.05, 0.1) is 6.42 Å². The minimum atomic E-state index is -0.604. The second-order valence-corrected chi connectivity index (χ2v) is 6.48. The molecule has 1 atom stereocenters. The van der Waals surface area contributed by atoms with E-state index in [1.54, 1.807) is 0 Å². The Morgan fingerprint density at radius 3 is 2.65 bits per heavy atom. The highest BCUT2D eigenvalue weighted by Gasteiger charge is 2.30. The number of primary amides is 1. The average Bonchev–Trinajstić information content (AvgIpc) is 2.66. The first-order valence-electron chi connectivity index (χ1n) is 8.77. The predicted octanol–water partition coefficient (Wildman–Crippen LogP) is 1.79. The number of rotatable bonds is 5. The zero-order valence-electron chi connectivity index (χ0n) is 14.5. The van der Waals surface area contributed by atoms with Crippen LogP contribution in [0, 0.1) is 0 Å². The van der Waals surface area contributed by atoms with Crippen molar-refractivity contribution in [2.24, 2.45) is 5.73 Å². The standard InChI is InChI=1S/C20H22N2O4/c21-20(25)17-10-3-4-11-22(17)18(23)13-26-19(24)12-15-8-5-7-14-6-1-2-9-16(14)15/h1-2,5-9,17H,3-4,10-13H2,(H2,21,25)/t17-/m0/s1. The van der Waals surface area contributed by atoms with Crippen LogP contribution in [-0.2, 0) is 25.5 Å². The van der Waals surface area contributed by atoms with Crippen molar-refractivity contribution in [2.75, 3.05) is 13.2 Å². The Bertz CT molecular complexity index is 828. The van der Waals surface area contributed by atoms with Gasteiger partial charge in [0.25, 0.3) is 5.91 Å². The van der Waals surface area contributed by atoms with Gasteiger partial charge in [-0.3, -0.25) is 14.4 Å². The number of benzene rings is 2. The number of nitrogens with two attached hydrogens (primary N) is 1. The monoisotopic (exact) mass is 354 g/mol. The number of piperidine rings is 1. The van der Waals surface area contributed by atoms with Crippen molar-refractivity contribution in [1.29, 1.82) is 0 Å². The van der Waals surface area contributed by atoms with Crippen molar-refractivity contribution in [1.82, 2.24) is 4.90 Å². The third kappa shape index (κ3) is 4.02. The Labute approximate surface area is 151 Å². The summed E-state index contributed by atoms with van der Waals surface area (Å²) in [5, 5.41) is 2.04. The molecule has 26 heavy (non-hydrogen) atoms. The molecule has 0 spiro atoms. The number of amides is 2. The lowest BCUT2D eigenvalue weighted by atomic mass is 10.0. The summed E-state index contributed by atoms with van der Waals surface area (Å²) in [5.41, 5.74) is 6.22. The summed E-state index contributed by atoms with van der Waals surface area (Å²) < 4.78 is 5.16. The molecule has 1 aliphatic heterocycles. The Morgan fingerprint density at radius 2 is 1.85 bits per heavy atom. The maximum atomic E-state index is 12.3. The quantitative estimate of drug-likeness (QED) is 0.829. The Hall–Kier alpha value is -2.89. The van der Waals surface area contributed by atoms with Crippen LogP contribution in [0.15, 0.2) is 42.5 Å². The SMILES string of the molecule is NC(=O)[C@@H]1CCCCN1C(=O)COC(=O)Cc1cccc2ccccc12. The predicted molar refractivity (Wildman–Crippen MR) is 97.2 cm³/mol. The summed E-state index contributed by atoms with van der Waals surface area (Å²) in [6.07, 6.45) is 2.33. The molecule has 2 N–H and O–H groups in total. The van der Waals surface area contributed by atoms with Crippen molar-refractivity contribution in [2.45, 2.75) is 31.7 Å². The zero-order valence-corrected chi connectivity index (χ0v) is 14.5. The molecule has 0 bridgehead atoms. The third-order valence-electron chi connectivity index (χ3n) is 4.72. The number of nitrogens with zero attached hydrogens (tertiary/aromatic N) is 1. The number of likely N-dealkylation sites (tertiary alicyclic amines) is 1. The van der Waals surface area contributed by atoms with E-state index in [4.69, 9.17) is 10.5 Å². The van der Waals surface area contributed by atoms with Gasteiger partial charge in [-0.25, -0.2) is 0 Å². The molecule has 0 saturated carbocycles. The number of hydrogen-bond acceptors (Lipinski definition) is 4. The molecule has 136 valence electrons. The maximum absolute atomic E-state index is 12.3. The highest BCUT2D eigenvalue weighted by molar-refractivity contribution is 5.90. The van der Waals surface area contributed by atoms with Crippen LogP contribution in [0.1, 0.15) is 24.8 Å². The molecule has 6 heteroatoms. The van der Waals surface area contributed by atoms with E-state index in [2.05, 4.69) is 0 Å². The molecule has 1 fully saturated rings. The lowest BCUT2D eigenvalue weighted by Gasteiger charge is -2.33. The van der Waals surface area contributed by atoms with E-state index in [-0.39, 0.29) is 18.9 Å². The van der Waals surface area contributed by atoms with Gasteiger partial charge in [0.1, 0.15) is 6.04 Å². The molecular weight excluding hydrogens is 332 g/mol. The minimum absolute atomic E-state index is 0.0912. The normalized spacial score (nSPS) is 17.1. The molecule has 0 aliphatic carbocycles. The number of carbonyl (C=O) groups is 3. The van der Waals surface area contributed by atoms with E-state index in [0.717, 1.165) is 29.2 Å². The molecule has 1 aliphatic rings. The average molecular weight is 354 g/mol. The summed E-state index contributed by atoms with van der Waals surface area (Å²) in [6.45, 7) is 0.0979. The lowest BCUT2D eigenvalue weighted by Crippen LogP contribution is -2.51. The minimum Gasteiger partial charge on any atom is -0.455 e. The third-order valence-corrected chi connectivity index (χ3v) is 4.72. The molecule has 2 aromatic rings. The van der Waals surface area contributed by atoms with Crippen molar-refractivity contribution >= 4 is 28.6 Å². The van der Waals surface area contributed by atoms with E-state index in [1.807, 2.05) is 42.5 Å². The van der Waals surface area contributed by atoms with E-state index in [9.17, 15) is 14.4 Å². The number of esters is 1. The van der Waals surface area contributed by atoms with Crippen LogP contribution in [0.5, 0.6) is 0 Å². The van der Waals surface area contributed by atoms with Crippen LogP contribution in [0.3, 0.4) is 0 Å². The highest BCUT2D eigenvalue weighted by Crippen LogP contribution is 2.20. The van der Waals surface area contributed by atoms with Gasteiger partial charge < -0.3 is 15.4 Å². The van der Waals surface area contributed by atoms with Crippen molar-refractivity contribution < 1.29 is 19.1 Å². The lowest BCUT2D eigenvalue weighted by molar-refractivity contribution is -0.154. The van der Waals surface area contributed by atoms with Crippen LogP contribution in [0.4, 0.5) is 0 Å². The highest BCUT2D eigenvalue weighted by atomic mass is 16.5. The number of carbonyl (C=O) groups excluding carboxylic acids is 3. The fourth-order valence-corrected chi connectivity index (χ4v) is 3.40. The van der Waals surface area contributed by atoms with E-state index in [1.165, 1.54) is 4.90 Å².